The number of unbranched alkanes of at least 4 members (excludes halogenated alkanes) is 2. The van der Waals surface area contributed by atoms with E-state index in [9.17, 15) is 15.2 Å². The van der Waals surface area contributed by atoms with Crippen LogP contribution in [0.1, 0.15) is 64.7 Å². The van der Waals surface area contributed by atoms with Gasteiger partial charge in [-0.3, -0.25) is 10.1 Å². The monoisotopic (exact) mass is 243 g/mol. The molecular weight excluding hydrogens is 218 g/mol. The number of aliphatic hydroxyl groups is 1. The van der Waals surface area contributed by atoms with Crippen molar-refractivity contribution in [3.63, 3.8) is 0 Å². The summed E-state index contributed by atoms with van der Waals surface area (Å²) >= 11 is 0. The van der Waals surface area contributed by atoms with Crippen LogP contribution in [0.5, 0.6) is 0 Å². The van der Waals surface area contributed by atoms with Crippen LogP contribution in [0.15, 0.2) is 0 Å². The molecule has 1 saturated carbocycles. The van der Waals surface area contributed by atoms with Gasteiger partial charge in [0.05, 0.1) is 0 Å². The van der Waals surface area contributed by atoms with E-state index < -0.39 is 12.1 Å². The molecule has 1 N–H and O–H groups in total. The Morgan fingerprint density at radius 3 is 2.47 bits per heavy atom. The van der Waals surface area contributed by atoms with Crippen LogP contribution in [0.3, 0.4) is 0 Å². The maximum absolute atomic E-state index is 11.0. The third-order valence-electron chi connectivity index (χ3n) is 3.90. The van der Waals surface area contributed by atoms with E-state index in [1.54, 1.807) is 0 Å². The Morgan fingerprint density at radius 1 is 1.29 bits per heavy atom. The normalized spacial score (nSPS) is 21.1. The molecule has 0 bridgehead atoms. The Labute approximate surface area is 104 Å². The van der Waals surface area contributed by atoms with Gasteiger partial charge in [0.25, 0.3) is 0 Å². The van der Waals surface area contributed by atoms with Crippen LogP contribution in [-0.4, -0.2) is 22.2 Å². The van der Waals surface area contributed by atoms with E-state index in [0.29, 0.717) is 6.42 Å². The minimum absolute atomic E-state index is 0.153. The van der Waals surface area contributed by atoms with Gasteiger partial charge in [-0.15, -0.1) is 0 Å². The summed E-state index contributed by atoms with van der Waals surface area (Å²) in [4.78, 5) is 10.8. The average Bonchev–Trinajstić information content (AvgIpc) is 2.34. The zero-order chi connectivity index (χ0) is 12.7. The third kappa shape index (κ3) is 4.62. The summed E-state index contributed by atoms with van der Waals surface area (Å²) < 4.78 is 0. The lowest BCUT2D eigenvalue weighted by Gasteiger charge is -2.28. The Bertz CT molecular complexity index is 227. The van der Waals surface area contributed by atoms with Crippen LogP contribution in [0.2, 0.25) is 0 Å². The summed E-state index contributed by atoms with van der Waals surface area (Å²) in [6.45, 7) is 2.08. The smallest absolute Gasteiger partial charge is 0.238 e. The topological polar surface area (TPSA) is 63.4 Å². The van der Waals surface area contributed by atoms with Crippen molar-refractivity contribution >= 4 is 0 Å². The second-order valence-electron chi connectivity index (χ2n) is 5.24. The maximum Gasteiger partial charge on any atom is 0.238 e. The molecule has 0 radical (unpaired) electrons. The van der Waals surface area contributed by atoms with E-state index >= 15 is 0 Å². The van der Waals surface area contributed by atoms with Gasteiger partial charge in [0, 0.05) is 11.3 Å². The summed E-state index contributed by atoms with van der Waals surface area (Å²) in [5, 5.41) is 21.2. The lowest BCUT2D eigenvalue weighted by atomic mass is 9.82. The molecule has 1 aliphatic rings. The van der Waals surface area contributed by atoms with Crippen LogP contribution < -0.4 is 0 Å². The van der Waals surface area contributed by atoms with Gasteiger partial charge in [-0.2, -0.15) is 0 Å². The van der Waals surface area contributed by atoms with Crippen molar-refractivity contribution in [1.29, 1.82) is 0 Å². The fourth-order valence-electron chi connectivity index (χ4n) is 2.79. The first-order valence-corrected chi connectivity index (χ1v) is 6.98. The molecular formula is C13H25NO3. The maximum atomic E-state index is 11.0. The van der Waals surface area contributed by atoms with Crippen molar-refractivity contribution in [3.05, 3.63) is 10.1 Å². The van der Waals surface area contributed by atoms with Crippen molar-refractivity contribution in [3.8, 4) is 0 Å². The predicted octanol–water partition coefficient (Wildman–Crippen LogP) is 3.15. The Kier molecular flexibility index (Phi) is 6.48. The van der Waals surface area contributed by atoms with Crippen molar-refractivity contribution in [2.24, 2.45) is 5.92 Å². The molecule has 1 fully saturated rings. The average molecular weight is 243 g/mol. The largest absolute Gasteiger partial charge is 0.386 e. The Morgan fingerprint density at radius 2 is 1.94 bits per heavy atom. The number of rotatable bonds is 7. The van der Waals surface area contributed by atoms with E-state index in [4.69, 9.17) is 0 Å². The van der Waals surface area contributed by atoms with Gasteiger partial charge in [0.2, 0.25) is 6.04 Å². The SMILES string of the molecule is CCCCC[C@H]([C@H](O)C1CCCCC1)[N+](=O)[O-]. The van der Waals surface area contributed by atoms with Gasteiger partial charge in [-0.05, 0) is 25.2 Å². The molecule has 0 amide bonds. The Hall–Kier alpha value is -0.640. The number of hydrogen-bond acceptors (Lipinski definition) is 3. The second kappa shape index (κ2) is 7.64. The highest BCUT2D eigenvalue weighted by Gasteiger charge is 2.35. The first-order valence-electron chi connectivity index (χ1n) is 6.98. The van der Waals surface area contributed by atoms with Crippen molar-refractivity contribution < 1.29 is 10.0 Å². The van der Waals surface area contributed by atoms with Crippen LogP contribution in [-0.2, 0) is 0 Å². The highest BCUT2D eigenvalue weighted by atomic mass is 16.6. The summed E-state index contributed by atoms with van der Waals surface area (Å²) in [7, 11) is 0. The number of nitrogens with zero attached hydrogens (tertiary/aromatic N) is 1. The summed E-state index contributed by atoms with van der Waals surface area (Å²) in [5.41, 5.74) is 0. The van der Waals surface area contributed by atoms with Gasteiger partial charge in [-0.25, -0.2) is 0 Å². The molecule has 0 spiro atoms. The van der Waals surface area contributed by atoms with Gasteiger partial charge >= 0.3 is 0 Å². The lowest BCUT2D eigenvalue weighted by molar-refractivity contribution is -0.537. The first-order chi connectivity index (χ1) is 8.16. The molecule has 0 unspecified atom stereocenters. The molecule has 0 aromatic rings. The summed E-state index contributed by atoms with van der Waals surface area (Å²) in [6.07, 6.45) is 8.07. The van der Waals surface area contributed by atoms with Gasteiger partial charge in [0.15, 0.2) is 0 Å². The number of aliphatic hydroxyl groups excluding tert-OH is 1. The zero-order valence-electron chi connectivity index (χ0n) is 10.8. The molecule has 4 nitrogen and oxygen atoms in total. The highest BCUT2D eigenvalue weighted by molar-refractivity contribution is 4.79. The number of hydrogen-bond donors (Lipinski definition) is 1. The quantitative estimate of drug-likeness (QED) is 0.424. The Balaban J connectivity index is 2.46. The summed E-state index contributed by atoms with van der Waals surface area (Å²) in [5.74, 6) is 0.153. The molecule has 0 heterocycles. The minimum atomic E-state index is -0.746. The molecule has 0 saturated heterocycles. The fourth-order valence-corrected chi connectivity index (χ4v) is 2.79. The van der Waals surface area contributed by atoms with E-state index in [1.165, 1.54) is 6.42 Å². The molecule has 100 valence electrons. The highest BCUT2D eigenvalue weighted by Crippen LogP contribution is 2.29. The fraction of sp³-hybridized carbons (Fsp3) is 1.00. The van der Waals surface area contributed by atoms with Crippen molar-refractivity contribution in [1.82, 2.24) is 0 Å². The summed E-state index contributed by atoms with van der Waals surface area (Å²) in [6, 6.07) is -0.746. The second-order valence-corrected chi connectivity index (χ2v) is 5.24. The van der Waals surface area contributed by atoms with Crippen LogP contribution in [0.25, 0.3) is 0 Å². The predicted molar refractivity (Wildman–Crippen MR) is 67.5 cm³/mol. The molecule has 1 aliphatic carbocycles. The molecule has 2 atom stereocenters. The van der Waals surface area contributed by atoms with E-state index in [2.05, 4.69) is 6.92 Å². The van der Waals surface area contributed by atoms with E-state index in [-0.39, 0.29) is 10.8 Å². The van der Waals surface area contributed by atoms with Crippen molar-refractivity contribution in [2.75, 3.05) is 0 Å². The van der Waals surface area contributed by atoms with Crippen LogP contribution in [0.4, 0.5) is 0 Å². The van der Waals surface area contributed by atoms with Crippen molar-refractivity contribution in [2.45, 2.75) is 76.9 Å². The molecule has 4 heteroatoms. The molecule has 17 heavy (non-hydrogen) atoms. The molecule has 1 rings (SSSR count). The lowest BCUT2D eigenvalue weighted by Crippen LogP contribution is -2.39. The van der Waals surface area contributed by atoms with Crippen LogP contribution in [0, 0.1) is 16.0 Å². The third-order valence-corrected chi connectivity index (χ3v) is 3.90. The minimum Gasteiger partial charge on any atom is -0.386 e. The number of nitro groups is 1. The molecule has 0 aromatic heterocycles. The van der Waals surface area contributed by atoms with E-state index in [1.807, 2.05) is 0 Å². The van der Waals surface area contributed by atoms with Gasteiger partial charge < -0.3 is 5.11 Å². The first kappa shape index (κ1) is 14.4. The van der Waals surface area contributed by atoms with Gasteiger partial charge in [0.1, 0.15) is 6.10 Å². The van der Waals surface area contributed by atoms with Crippen LogP contribution >= 0.6 is 0 Å². The van der Waals surface area contributed by atoms with E-state index in [0.717, 1.165) is 44.9 Å². The molecule has 0 aromatic carbocycles. The standard InChI is InChI=1S/C13H25NO3/c1-2-3-5-10-12(14(16)17)13(15)11-8-6-4-7-9-11/h11-13,15H,2-10H2,1H3/t12-,13-/m1/s1. The zero-order valence-corrected chi connectivity index (χ0v) is 10.8. The van der Waals surface area contributed by atoms with Gasteiger partial charge in [-0.1, -0.05) is 39.0 Å². The molecule has 0 aliphatic heterocycles.